The molecule has 0 aliphatic heterocycles. The number of hydrogen-bond acceptors (Lipinski definition) is 4. The van der Waals surface area contributed by atoms with Crippen LogP contribution in [-0.2, 0) is 4.74 Å². The number of hydrogen-bond donors (Lipinski definition) is 0. The fraction of sp³-hybridized carbons (Fsp3) is 0.235. The lowest BCUT2D eigenvalue weighted by Crippen LogP contribution is -2.26. The smallest absolute Gasteiger partial charge is 0.418 e. The molecule has 0 amide bonds. The van der Waals surface area contributed by atoms with Crippen LogP contribution in [0.15, 0.2) is 36.7 Å². The second kappa shape index (κ2) is 6.07. The Morgan fingerprint density at radius 1 is 1.21 bits per heavy atom. The Kier molecular flexibility index (Phi) is 4.24. The molecular formula is C17H15Cl2N3O2. The third-order valence-electron chi connectivity index (χ3n) is 3.29. The van der Waals surface area contributed by atoms with E-state index in [1.165, 1.54) is 10.8 Å². The van der Waals surface area contributed by atoms with Gasteiger partial charge in [0.25, 0.3) is 0 Å². The molecule has 0 saturated heterocycles. The molecule has 5 nitrogen and oxygen atoms in total. The Bertz CT molecular complexity index is 929. The van der Waals surface area contributed by atoms with E-state index in [2.05, 4.69) is 9.97 Å². The van der Waals surface area contributed by atoms with Crippen LogP contribution >= 0.6 is 23.2 Å². The van der Waals surface area contributed by atoms with Crippen LogP contribution in [0.4, 0.5) is 4.79 Å². The summed E-state index contributed by atoms with van der Waals surface area (Å²) >= 11 is 12.1. The molecule has 0 unspecified atom stereocenters. The van der Waals surface area contributed by atoms with E-state index in [0.717, 1.165) is 10.9 Å². The summed E-state index contributed by atoms with van der Waals surface area (Å²) < 4.78 is 6.89. The molecule has 2 heterocycles. The van der Waals surface area contributed by atoms with Crippen molar-refractivity contribution in [2.24, 2.45) is 0 Å². The van der Waals surface area contributed by atoms with Crippen LogP contribution in [0.5, 0.6) is 0 Å². The molecule has 3 aromatic rings. The van der Waals surface area contributed by atoms with Crippen LogP contribution in [0.25, 0.3) is 22.2 Å². The van der Waals surface area contributed by atoms with Gasteiger partial charge in [0, 0.05) is 17.1 Å². The SMILES string of the molecule is CC(C)(C)OC(=O)n1ccc2c(-c3nc(Cl)ncc3Cl)cccc21. The van der Waals surface area contributed by atoms with Crippen molar-refractivity contribution in [2.45, 2.75) is 26.4 Å². The van der Waals surface area contributed by atoms with Crippen molar-refractivity contribution in [2.75, 3.05) is 0 Å². The Labute approximate surface area is 149 Å². The minimum absolute atomic E-state index is 0.109. The molecule has 0 bridgehead atoms. The molecule has 2 aromatic heterocycles. The van der Waals surface area contributed by atoms with Gasteiger partial charge in [-0.05, 0) is 44.5 Å². The van der Waals surface area contributed by atoms with Crippen molar-refractivity contribution < 1.29 is 9.53 Å². The summed E-state index contributed by atoms with van der Waals surface area (Å²) in [6.07, 6.45) is 2.68. The third-order valence-corrected chi connectivity index (χ3v) is 3.75. The lowest BCUT2D eigenvalue weighted by molar-refractivity contribution is 0.0544. The maximum Gasteiger partial charge on any atom is 0.418 e. The Hall–Kier alpha value is -2.11. The van der Waals surface area contributed by atoms with Crippen molar-refractivity contribution in [1.29, 1.82) is 0 Å². The number of nitrogens with zero attached hydrogens (tertiary/aromatic N) is 3. The predicted octanol–water partition coefficient (Wildman–Crippen LogP) is 5.19. The average Bonchev–Trinajstić information content (AvgIpc) is 2.92. The van der Waals surface area contributed by atoms with Gasteiger partial charge in [0.1, 0.15) is 5.60 Å². The first-order valence-electron chi connectivity index (χ1n) is 7.28. The van der Waals surface area contributed by atoms with Gasteiger partial charge in [-0.3, -0.25) is 4.57 Å². The van der Waals surface area contributed by atoms with Crippen LogP contribution in [0.2, 0.25) is 10.3 Å². The van der Waals surface area contributed by atoms with Crippen molar-refractivity contribution >= 4 is 40.2 Å². The molecule has 124 valence electrons. The molecule has 24 heavy (non-hydrogen) atoms. The highest BCUT2D eigenvalue weighted by Gasteiger charge is 2.20. The normalized spacial score (nSPS) is 11.7. The summed E-state index contributed by atoms with van der Waals surface area (Å²) in [7, 11) is 0. The van der Waals surface area contributed by atoms with E-state index in [4.69, 9.17) is 27.9 Å². The van der Waals surface area contributed by atoms with E-state index in [9.17, 15) is 4.79 Å². The van der Waals surface area contributed by atoms with Crippen molar-refractivity contribution in [1.82, 2.24) is 14.5 Å². The maximum absolute atomic E-state index is 12.4. The zero-order valence-electron chi connectivity index (χ0n) is 13.4. The van der Waals surface area contributed by atoms with E-state index in [1.807, 2.05) is 45.0 Å². The first-order valence-corrected chi connectivity index (χ1v) is 8.04. The van der Waals surface area contributed by atoms with Crippen molar-refractivity contribution in [3.63, 3.8) is 0 Å². The number of carbonyl (C=O) groups excluding carboxylic acids is 1. The van der Waals surface area contributed by atoms with Gasteiger partial charge < -0.3 is 4.74 Å². The largest absolute Gasteiger partial charge is 0.443 e. The van der Waals surface area contributed by atoms with Crippen LogP contribution in [-0.4, -0.2) is 26.2 Å². The number of ether oxygens (including phenoxy) is 1. The highest BCUT2D eigenvalue weighted by Crippen LogP contribution is 2.33. The summed E-state index contributed by atoms with van der Waals surface area (Å²) in [6.45, 7) is 5.47. The number of halogens is 2. The van der Waals surface area contributed by atoms with Gasteiger partial charge in [-0.1, -0.05) is 23.7 Å². The van der Waals surface area contributed by atoms with E-state index in [0.29, 0.717) is 16.2 Å². The van der Waals surface area contributed by atoms with Gasteiger partial charge in [0.05, 0.1) is 22.4 Å². The predicted molar refractivity (Wildman–Crippen MR) is 94.6 cm³/mol. The van der Waals surface area contributed by atoms with E-state index in [-0.39, 0.29) is 5.28 Å². The Morgan fingerprint density at radius 2 is 1.96 bits per heavy atom. The minimum atomic E-state index is -0.575. The van der Waals surface area contributed by atoms with Crippen LogP contribution in [0.3, 0.4) is 0 Å². The Balaban J connectivity index is 2.14. The van der Waals surface area contributed by atoms with Crippen molar-refractivity contribution in [3.05, 3.63) is 47.0 Å². The maximum atomic E-state index is 12.4. The molecule has 0 aliphatic carbocycles. The highest BCUT2D eigenvalue weighted by atomic mass is 35.5. The summed E-state index contributed by atoms with van der Waals surface area (Å²) in [6, 6.07) is 7.34. The van der Waals surface area contributed by atoms with Gasteiger partial charge in [-0.2, -0.15) is 0 Å². The molecular weight excluding hydrogens is 349 g/mol. The zero-order valence-corrected chi connectivity index (χ0v) is 14.9. The topological polar surface area (TPSA) is 57.0 Å². The number of fused-ring (bicyclic) bond motifs is 1. The third kappa shape index (κ3) is 3.23. The molecule has 0 atom stereocenters. The van der Waals surface area contributed by atoms with Crippen LogP contribution in [0.1, 0.15) is 20.8 Å². The lowest BCUT2D eigenvalue weighted by Gasteiger charge is -2.19. The standard InChI is InChI=1S/C17H15Cl2N3O2/c1-17(2,3)24-16(23)22-8-7-10-11(5-4-6-13(10)22)14-12(18)9-20-15(19)21-14/h4-9H,1-3H3. The monoisotopic (exact) mass is 363 g/mol. The number of aromatic nitrogens is 3. The molecule has 0 N–H and O–H groups in total. The van der Waals surface area contributed by atoms with Gasteiger partial charge in [-0.25, -0.2) is 14.8 Å². The number of benzene rings is 1. The zero-order chi connectivity index (χ0) is 17.5. The molecule has 0 radical (unpaired) electrons. The number of carbonyl (C=O) groups is 1. The van der Waals surface area contributed by atoms with Gasteiger partial charge in [-0.15, -0.1) is 0 Å². The van der Waals surface area contributed by atoms with E-state index in [1.54, 1.807) is 6.20 Å². The average molecular weight is 364 g/mol. The van der Waals surface area contributed by atoms with E-state index >= 15 is 0 Å². The molecule has 0 saturated carbocycles. The highest BCUT2D eigenvalue weighted by molar-refractivity contribution is 6.34. The first kappa shape index (κ1) is 16.7. The molecule has 0 aliphatic rings. The minimum Gasteiger partial charge on any atom is -0.443 e. The summed E-state index contributed by atoms with van der Waals surface area (Å²) in [5, 5.41) is 1.31. The van der Waals surface area contributed by atoms with Crippen LogP contribution < -0.4 is 0 Å². The first-order chi connectivity index (χ1) is 11.3. The second-order valence-corrected chi connectivity index (χ2v) is 6.99. The van der Waals surface area contributed by atoms with Crippen LogP contribution in [0, 0.1) is 0 Å². The summed E-state index contributed by atoms with van der Waals surface area (Å²) in [4.78, 5) is 20.4. The summed E-state index contributed by atoms with van der Waals surface area (Å²) in [5.41, 5.74) is 1.41. The van der Waals surface area contributed by atoms with Crippen molar-refractivity contribution in [3.8, 4) is 11.3 Å². The second-order valence-electron chi connectivity index (χ2n) is 6.24. The molecule has 7 heteroatoms. The van der Waals surface area contributed by atoms with E-state index < -0.39 is 11.7 Å². The fourth-order valence-electron chi connectivity index (χ4n) is 2.38. The van der Waals surface area contributed by atoms with Gasteiger partial charge in [0.15, 0.2) is 0 Å². The van der Waals surface area contributed by atoms with Gasteiger partial charge in [0.2, 0.25) is 5.28 Å². The molecule has 3 rings (SSSR count). The molecule has 0 spiro atoms. The Morgan fingerprint density at radius 3 is 2.67 bits per heavy atom. The summed E-state index contributed by atoms with van der Waals surface area (Å²) in [5.74, 6) is 0. The van der Waals surface area contributed by atoms with Gasteiger partial charge >= 0.3 is 6.09 Å². The molecule has 0 fully saturated rings. The fourth-order valence-corrected chi connectivity index (χ4v) is 2.71. The number of rotatable bonds is 1. The lowest BCUT2D eigenvalue weighted by atomic mass is 10.1. The molecule has 1 aromatic carbocycles. The quantitative estimate of drug-likeness (QED) is 0.558.